The van der Waals surface area contributed by atoms with Crippen molar-refractivity contribution < 1.29 is 14.3 Å². The number of amides is 2. The highest BCUT2D eigenvalue weighted by atomic mass is 16.5. The van der Waals surface area contributed by atoms with Crippen LogP contribution >= 0.6 is 0 Å². The fraction of sp³-hybridized carbons (Fsp3) is 0.222. The third-order valence-corrected chi connectivity index (χ3v) is 7.36. The molecular weight excluding hydrogens is 444 g/mol. The Morgan fingerprint density at radius 3 is 2.60 bits per heavy atom. The number of ether oxygens (including phenoxy) is 1. The highest BCUT2D eigenvalue weighted by Gasteiger charge is 2.67. The zero-order valence-corrected chi connectivity index (χ0v) is 19.6. The highest BCUT2D eigenvalue weighted by molar-refractivity contribution is 6.12. The van der Waals surface area contributed by atoms with Gasteiger partial charge in [0.2, 0.25) is 5.91 Å². The number of anilines is 2. The lowest BCUT2D eigenvalue weighted by Crippen LogP contribution is -2.29. The molecule has 2 amide bonds. The molecule has 0 radical (unpaired) electrons. The van der Waals surface area contributed by atoms with Gasteiger partial charge in [0.15, 0.2) is 0 Å². The van der Waals surface area contributed by atoms with Gasteiger partial charge in [-0.2, -0.15) is 0 Å². The summed E-state index contributed by atoms with van der Waals surface area (Å²) in [7, 11) is 5.07. The van der Waals surface area contributed by atoms with Crippen molar-refractivity contribution in [2.45, 2.75) is 17.8 Å². The summed E-state index contributed by atoms with van der Waals surface area (Å²) in [6.07, 6.45) is 2.47. The smallest absolute Gasteiger partial charge is 0.274 e. The van der Waals surface area contributed by atoms with E-state index in [0.29, 0.717) is 28.8 Å². The molecule has 1 aliphatic carbocycles. The Bertz CT molecular complexity index is 1580. The normalized spacial score (nSPS) is 20.4. The van der Waals surface area contributed by atoms with Crippen molar-refractivity contribution >= 4 is 34.1 Å². The van der Waals surface area contributed by atoms with Crippen LogP contribution in [0.2, 0.25) is 0 Å². The molecule has 35 heavy (non-hydrogen) atoms. The third-order valence-electron chi connectivity index (χ3n) is 7.36. The summed E-state index contributed by atoms with van der Waals surface area (Å²) in [4.78, 5) is 44.0. The maximum atomic E-state index is 13.4. The molecule has 1 spiro atoms. The van der Waals surface area contributed by atoms with Crippen LogP contribution in [0.5, 0.6) is 5.75 Å². The molecule has 4 aromatic rings. The van der Waals surface area contributed by atoms with Gasteiger partial charge in [0.05, 0.1) is 12.5 Å². The molecule has 1 saturated carbocycles. The quantitative estimate of drug-likeness (QED) is 0.479. The van der Waals surface area contributed by atoms with E-state index < -0.39 is 5.41 Å². The number of rotatable bonds is 4. The van der Waals surface area contributed by atoms with Crippen LogP contribution in [0.4, 0.5) is 11.4 Å². The number of hydrogen-bond acceptors (Lipinski definition) is 4. The van der Waals surface area contributed by atoms with Crippen LogP contribution in [0, 0.1) is 0 Å². The van der Waals surface area contributed by atoms with Crippen LogP contribution in [-0.2, 0) is 17.3 Å². The van der Waals surface area contributed by atoms with Gasteiger partial charge in [-0.05, 0) is 53.9 Å². The van der Waals surface area contributed by atoms with Crippen molar-refractivity contribution in [3.63, 3.8) is 0 Å². The summed E-state index contributed by atoms with van der Waals surface area (Å²) < 4.78 is 6.67. The number of carbonyl (C=O) groups excluding carboxylic acids is 2. The number of para-hydroxylation sites is 1. The van der Waals surface area contributed by atoms with Crippen LogP contribution in [0.25, 0.3) is 10.9 Å². The number of nitrogens with one attached hydrogen (secondary N) is 2. The number of aryl methyl sites for hydroxylation is 1. The number of likely N-dealkylation sites (N-methyl/N-ethyl adjacent to an activating group) is 1. The van der Waals surface area contributed by atoms with Gasteiger partial charge in [-0.1, -0.05) is 18.2 Å². The number of aromatic amines is 1. The van der Waals surface area contributed by atoms with E-state index in [9.17, 15) is 14.4 Å². The molecule has 0 saturated heterocycles. The van der Waals surface area contributed by atoms with Crippen LogP contribution < -0.4 is 20.5 Å². The molecule has 2 atom stereocenters. The zero-order valence-electron chi connectivity index (χ0n) is 19.6. The van der Waals surface area contributed by atoms with E-state index in [-0.39, 0.29) is 29.0 Å². The van der Waals surface area contributed by atoms with Crippen molar-refractivity contribution in [2.75, 3.05) is 24.4 Å². The van der Waals surface area contributed by atoms with Crippen LogP contribution in [0.3, 0.4) is 0 Å². The number of fused-ring (bicyclic) bond motifs is 3. The Morgan fingerprint density at radius 2 is 1.86 bits per heavy atom. The number of pyridine rings is 1. The summed E-state index contributed by atoms with van der Waals surface area (Å²) in [6, 6.07) is 16.6. The first-order chi connectivity index (χ1) is 16.8. The third kappa shape index (κ3) is 2.96. The summed E-state index contributed by atoms with van der Waals surface area (Å²) in [5, 5.41) is 3.52. The Balaban J connectivity index is 1.40. The largest absolute Gasteiger partial charge is 0.497 e. The molecule has 0 bridgehead atoms. The van der Waals surface area contributed by atoms with Gasteiger partial charge in [-0.25, -0.2) is 0 Å². The first-order valence-corrected chi connectivity index (χ1v) is 11.4. The van der Waals surface area contributed by atoms with Gasteiger partial charge in [-0.15, -0.1) is 0 Å². The zero-order chi connectivity index (χ0) is 24.5. The molecule has 1 fully saturated rings. The molecule has 8 heteroatoms. The lowest BCUT2D eigenvalue weighted by atomic mass is 9.91. The van der Waals surface area contributed by atoms with E-state index in [2.05, 4.69) is 10.3 Å². The lowest BCUT2D eigenvalue weighted by molar-refractivity contribution is -0.120. The van der Waals surface area contributed by atoms with E-state index in [1.54, 1.807) is 62.6 Å². The Morgan fingerprint density at radius 1 is 1.11 bits per heavy atom. The molecular formula is C27H24N4O4. The molecule has 2 aromatic heterocycles. The van der Waals surface area contributed by atoms with Gasteiger partial charge in [0, 0.05) is 43.0 Å². The number of benzene rings is 2. The van der Waals surface area contributed by atoms with Crippen molar-refractivity contribution in [2.24, 2.45) is 7.05 Å². The van der Waals surface area contributed by atoms with Gasteiger partial charge in [0.1, 0.15) is 17.0 Å². The lowest BCUT2D eigenvalue weighted by Gasteiger charge is -2.12. The van der Waals surface area contributed by atoms with Gasteiger partial charge in [0.25, 0.3) is 11.5 Å². The fourth-order valence-electron chi connectivity index (χ4n) is 5.48. The molecule has 2 aliphatic rings. The van der Waals surface area contributed by atoms with Gasteiger partial charge in [-0.3, -0.25) is 14.4 Å². The minimum Gasteiger partial charge on any atom is -0.497 e. The van der Waals surface area contributed by atoms with E-state index in [4.69, 9.17) is 4.74 Å². The number of nitrogens with zero attached hydrogens (tertiary/aromatic N) is 2. The summed E-state index contributed by atoms with van der Waals surface area (Å²) in [5.74, 6) is 0.322. The predicted molar refractivity (Wildman–Crippen MR) is 133 cm³/mol. The van der Waals surface area contributed by atoms with Crippen LogP contribution in [0.1, 0.15) is 34.0 Å². The van der Waals surface area contributed by atoms with E-state index in [1.165, 1.54) is 4.57 Å². The minimum absolute atomic E-state index is 0.0683. The second-order valence-electron chi connectivity index (χ2n) is 9.26. The first-order valence-electron chi connectivity index (χ1n) is 11.4. The summed E-state index contributed by atoms with van der Waals surface area (Å²) >= 11 is 0. The highest BCUT2D eigenvalue weighted by Crippen LogP contribution is 2.66. The first kappa shape index (κ1) is 21.2. The van der Waals surface area contributed by atoms with Crippen LogP contribution in [0.15, 0.2) is 65.6 Å². The molecule has 2 aromatic carbocycles. The molecule has 6 rings (SSSR count). The van der Waals surface area contributed by atoms with Gasteiger partial charge >= 0.3 is 0 Å². The average molecular weight is 469 g/mol. The molecule has 8 nitrogen and oxygen atoms in total. The van der Waals surface area contributed by atoms with Gasteiger partial charge < -0.3 is 24.5 Å². The number of H-pyrrole nitrogens is 1. The summed E-state index contributed by atoms with van der Waals surface area (Å²) in [6.45, 7) is 0. The van der Waals surface area contributed by atoms with Crippen LogP contribution in [-0.4, -0.2) is 35.5 Å². The maximum Gasteiger partial charge on any atom is 0.274 e. The molecule has 0 unspecified atom stereocenters. The average Bonchev–Trinajstić information content (AvgIpc) is 3.39. The Labute approximate surface area is 201 Å². The standard InChI is InChI=1S/C27H24N4O4/c1-30-14-18(20-13-27(20)19-6-4-5-7-22(19)31(2)26(27)34)17-12-21(29-23(17)25(30)33)24(32)28-15-8-10-16(35-3)11-9-15/h4-12,14,20,29H,13H2,1-3H3,(H,28,32)/t20-,27-/m0/s1. The Kier molecular flexibility index (Phi) is 4.45. The predicted octanol–water partition coefficient (Wildman–Crippen LogP) is 3.53. The number of carbonyl (C=O) groups is 2. The number of aromatic nitrogens is 2. The maximum absolute atomic E-state index is 13.4. The van der Waals surface area contributed by atoms with Crippen molar-refractivity contribution in [1.29, 1.82) is 0 Å². The Hall–Kier alpha value is -4.33. The van der Waals surface area contributed by atoms with Crippen molar-refractivity contribution in [3.8, 4) is 5.75 Å². The minimum atomic E-state index is -0.627. The van der Waals surface area contributed by atoms with Crippen molar-refractivity contribution in [1.82, 2.24) is 9.55 Å². The second-order valence-corrected chi connectivity index (χ2v) is 9.26. The molecule has 176 valence electrons. The monoisotopic (exact) mass is 468 g/mol. The molecule has 3 heterocycles. The van der Waals surface area contributed by atoms with E-state index >= 15 is 0 Å². The molecule has 1 aliphatic heterocycles. The number of hydrogen-bond donors (Lipinski definition) is 2. The second kappa shape index (κ2) is 7.33. The number of methoxy groups -OCH3 is 1. The van der Waals surface area contributed by atoms with E-state index in [0.717, 1.165) is 16.8 Å². The summed E-state index contributed by atoms with van der Waals surface area (Å²) in [5.41, 5.74) is 3.24. The SMILES string of the molecule is COc1ccc(NC(=O)c2cc3c([C@@H]4C[C@@]45C(=O)N(C)c4ccccc45)cn(C)c(=O)c3[nH]2)cc1. The fourth-order valence-corrected chi connectivity index (χ4v) is 5.48. The van der Waals surface area contributed by atoms with Crippen molar-refractivity contribution in [3.05, 3.63) is 88.0 Å². The topological polar surface area (TPSA) is 96.4 Å². The molecule has 2 N–H and O–H groups in total. The van der Waals surface area contributed by atoms with E-state index in [1.807, 2.05) is 24.3 Å².